The van der Waals surface area contributed by atoms with E-state index in [2.05, 4.69) is 29.2 Å². The van der Waals surface area contributed by atoms with Gasteiger partial charge in [-0.1, -0.05) is 42.5 Å². The zero-order valence-corrected chi connectivity index (χ0v) is 12.9. The lowest BCUT2D eigenvalue weighted by atomic mass is 9.99. The van der Waals surface area contributed by atoms with Gasteiger partial charge in [0.1, 0.15) is 6.54 Å². The van der Waals surface area contributed by atoms with Crippen molar-refractivity contribution in [2.24, 2.45) is 0 Å². The van der Waals surface area contributed by atoms with Crippen molar-refractivity contribution in [2.75, 3.05) is 13.1 Å². The molecule has 1 aromatic heterocycles. The van der Waals surface area contributed by atoms with E-state index in [0.29, 0.717) is 12.5 Å². The molecule has 4 heteroatoms. The first kappa shape index (κ1) is 14.0. The van der Waals surface area contributed by atoms with E-state index in [1.165, 1.54) is 5.56 Å². The molecule has 0 N–H and O–H groups in total. The predicted molar refractivity (Wildman–Crippen MR) is 90.1 cm³/mol. The summed E-state index contributed by atoms with van der Waals surface area (Å²) in [6.45, 7) is 2.02. The second-order valence-electron chi connectivity index (χ2n) is 6.10. The Labute approximate surface area is 135 Å². The zero-order valence-electron chi connectivity index (χ0n) is 12.9. The van der Waals surface area contributed by atoms with E-state index in [1.807, 2.05) is 39.8 Å². The van der Waals surface area contributed by atoms with Gasteiger partial charge in [-0.15, -0.1) is 0 Å². The standard InChI is InChI=1S/C19H19N3O/c23-19(13-22-14-20-17-8-4-5-9-18(17)22)21-11-10-16(12-21)15-6-2-1-3-7-15/h1-9,14,16H,10-13H2/t16-/m1/s1. The van der Waals surface area contributed by atoms with Gasteiger partial charge >= 0.3 is 0 Å². The topological polar surface area (TPSA) is 38.1 Å². The normalized spacial score (nSPS) is 17.7. The maximum absolute atomic E-state index is 12.6. The molecular formula is C19H19N3O. The number of nitrogens with zero attached hydrogens (tertiary/aromatic N) is 3. The second-order valence-corrected chi connectivity index (χ2v) is 6.10. The number of carbonyl (C=O) groups is 1. The maximum atomic E-state index is 12.6. The minimum absolute atomic E-state index is 0.173. The molecule has 1 amide bonds. The van der Waals surface area contributed by atoms with Crippen LogP contribution in [0.4, 0.5) is 0 Å². The van der Waals surface area contributed by atoms with Crippen molar-refractivity contribution >= 4 is 16.9 Å². The molecule has 0 aliphatic carbocycles. The van der Waals surface area contributed by atoms with Crippen LogP contribution >= 0.6 is 0 Å². The number of para-hydroxylation sites is 2. The van der Waals surface area contributed by atoms with Crippen molar-refractivity contribution in [1.29, 1.82) is 0 Å². The van der Waals surface area contributed by atoms with E-state index in [0.717, 1.165) is 30.5 Å². The molecule has 116 valence electrons. The summed E-state index contributed by atoms with van der Waals surface area (Å²) in [5.41, 5.74) is 3.28. The summed E-state index contributed by atoms with van der Waals surface area (Å²) in [6.07, 6.45) is 2.80. The summed E-state index contributed by atoms with van der Waals surface area (Å²) in [7, 11) is 0. The number of likely N-dealkylation sites (tertiary alicyclic amines) is 1. The molecule has 0 bridgehead atoms. The van der Waals surface area contributed by atoms with Gasteiger partial charge in [0.25, 0.3) is 0 Å². The third-order valence-corrected chi connectivity index (χ3v) is 4.64. The van der Waals surface area contributed by atoms with Crippen LogP contribution < -0.4 is 0 Å². The van der Waals surface area contributed by atoms with Gasteiger partial charge < -0.3 is 9.47 Å². The number of imidazole rings is 1. The van der Waals surface area contributed by atoms with Crippen molar-refractivity contribution in [3.63, 3.8) is 0 Å². The monoisotopic (exact) mass is 305 g/mol. The summed E-state index contributed by atoms with van der Waals surface area (Å²) in [5, 5.41) is 0. The number of hydrogen-bond donors (Lipinski definition) is 0. The van der Waals surface area contributed by atoms with E-state index in [-0.39, 0.29) is 5.91 Å². The first-order valence-electron chi connectivity index (χ1n) is 8.04. The average molecular weight is 305 g/mol. The Morgan fingerprint density at radius 1 is 1.09 bits per heavy atom. The lowest BCUT2D eigenvalue weighted by Gasteiger charge is -2.17. The number of hydrogen-bond acceptors (Lipinski definition) is 2. The smallest absolute Gasteiger partial charge is 0.242 e. The molecule has 2 heterocycles. The fourth-order valence-electron chi connectivity index (χ4n) is 3.37. The molecule has 0 unspecified atom stereocenters. The Morgan fingerprint density at radius 3 is 2.74 bits per heavy atom. The molecule has 1 saturated heterocycles. The van der Waals surface area contributed by atoms with Gasteiger partial charge in [0.05, 0.1) is 17.4 Å². The van der Waals surface area contributed by atoms with Crippen LogP contribution in [0.2, 0.25) is 0 Å². The minimum Gasteiger partial charge on any atom is -0.341 e. The Kier molecular flexibility index (Phi) is 3.58. The van der Waals surface area contributed by atoms with Crippen LogP contribution in [-0.2, 0) is 11.3 Å². The number of fused-ring (bicyclic) bond motifs is 1. The van der Waals surface area contributed by atoms with E-state index in [4.69, 9.17) is 0 Å². The number of amides is 1. The molecule has 2 aromatic carbocycles. The van der Waals surface area contributed by atoms with Crippen molar-refractivity contribution < 1.29 is 4.79 Å². The van der Waals surface area contributed by atoms with E-state index < -0.39 is 0 Å². The molecule has 0 saturated carbocycles. The van der Waals surface area contributed by atoms with Gasteiger partial charge in [0.2, 0.25) is 5.91 Å². The fourth-order valence-corrected chi connectivity index (χ4v) is 3.37. The van der Waals surface area contributed by atoms with Crippen LogP contribution in [0.1, 0.15) is 17.9 Å². The van der Waals surface area contributed by atoms with Crippen LogP contribution in [-0.4, -0.2) is 33.4 Å². The minimum atomic E-state index is 0.173. The summed E-state index contributed by atoms with van der Waals surface area (Å²) in [5.74, 6) is 0.631. The Bertz CT molecular complexity index is 825. The largest absolute Gasteiger partial charge is 0.341 e. The highest BCUT2D eigenvalue weighted by Gasteiger charge is 2.27. The molecule has 4 rings (SSSR count). The van der Waals surface area contributed by atoms with Gasteiger partial charge in [-0.3, -0.25) is 4.79 Å². The lowest BCUT2D eigenvalue weighted by molar-refractivity contribution is -0.130. The lowest BCUT2D eigenvalue weighted by Crippen LogP contribution is -2.31. The van der Waals surface area contributed by atoms with Crippen LogP contribution in [0.15, 0.2) is 60.9 Å². The molecule has 3 aromatic rings. The van der Waals surface area contributed by atoms with Gasteiger partial charge in [-0.05, 0) is 24.1 Å². The molecule has 0 radical (unpaired) electrons. The summed E-state index contributed by atoms with van der Waals surface area (Å²) >= 11 is 0. The number of aromatic nitrogens is 2. The Balaban J connectivity index is 1.46. The van der Waals surface area contributed by atoms with E-state index in [9.17, 15) is 4.79 Å². The highest BCUT2D eigenvalue weighted by atomic mass is 16.2. The predicted octanol–water partition coefficient (Wildman–Crippen LogP) is 3.05. The summed E-state index contributed by atoms with van der Waals surface area (Å²) in [6, 6.07) is 18.4. The molecule has 1 aliphatic rings. The number of carbonyl (C=O) groups excluding carboxylic acids is 1. The van der Waals surface area contributed by atoms with Crippen molar-refractivity contribution in [3.8, 4) is 0 Å². The molecular weight excluding hydrogens is 286 g/mol. The van der Waals surface area contributed by atoms with E-state index >= 15 is 0 Å². The van der Waals surface area contributed by atoms with Gasteiger partial charge in [0.15, 0.2) is 0 Å². The molecule has 1 aliphatic heterocycles. The molecule has 4 nitrogen and oxygen atoms in total. The Morgan fingerprint density at radius 2 is 1.87 bits per heavy atom. The van der Waals surface area contributed by atoms with Gasteiger partial charge in [-0.25, -0.2) is 4.98 Å². The quantitative estimate of drug-likeness (QED) is 0.746. The van der Waals surface area contributed by atoms with Crippen LogP contribution in [0, 0.1) is 0 Å². The van der Waals surface area contributed by atoms with Crippen LogP contribution in [0.25, 0.3) is 11.0 Å². The van der Waals surface area contributed by atoms with Gasteiger partial charge in [0, 0.05) is 19.0 Å². The van der Waals surface area contributed by atoms with Crippen molar-refractivity contribution in [2.45, 2.75) is 18.9 Å². The van der Waals surface area contributed by atoms with E-state index in [1.54, 1.807) is 6.33 Å². The second kappa shape index (κ2) is 5.88. The van der Waals surface area contributed by atoms with Crippen molar-refractivity contribution in [3.05, 3.63) is 66.5 Å². The first-order valence-corrected chi connectivity index (χ1v) is 8.04. The SMILES string of the molecule is O=C(Cn1cnc2ccccc21)N1CC[C@@H](c2ccccc2)C1. The first-order chi connectivity index (χ1) is 11.3. The highest BCUT2D eigenvalue weighted by molar-refractivity contribution is 5.80. The molecule has 1 fully saturated rings. The third-order valence-electron chi connectivity index (χ3n) is 4.64. The highest BCUT2D eigenvalue weighted by Crippen LogP contribution is 2.27. The Hall–Kier alpha value is -2.62. The number of rotatable bonds is 3. The van der Waals surface area contributed by atoms with Crippen LogP contribution in [0.3, 0.4) is 0 Å². The third kappa shape index (κ3) is 2.72. The average Bonchev–Trinajstić information content (AvgIpc) is 3.24. The maximum Gasteiger partial charge on any atom is 0.242 e. The molecule has 23 heavy (non-hydrogen) atoms. The number of benzene rings is 2. The van der Waals surface area contributed by atoms with Gasteiger partial charge in [-0.2, -0.15) is 0 Å². The van der Waals surface area contributed by atoms with Crippen molar-refractivity contribution in [1.82, 2.24) is 14.5 Å². The summed E-state index contributed by atoms with van der Waals surface area (Å²) in [4.78, 5) is 18.9. The summed E-state index contributed by atoms with van der Waals surface area (Å²) < 4.78 is 1.94. The zero-order chi connectivity index (χ0) is 15.6. The molecule has 0 spiro atoms. The molecule has 1 atom stereocenters. The fraction of sp³-hybridized carbons (Fsp3) is 0.263. The van der Waals surface area contributed by atoms with Crippen LogP contribution in [0.5, 0.6) is 0 Å².